The van der Waals surface area contributed by atoms with Crippen molar-refractivity contribution in [2.75, 3.05) is 0 Å². The minimum Gasteiger partial charge on any atom is -0.326 e. The predicted molar refractivity (Wildman–Crippen MR) is 13.4 cm³/mol. The van der Waals surface area contributed by atoms with Gasteiger partial charge in [-0.25, -0.2) is 0 Å². The van der Waals surface area contributed by atoms with Crippen LogP contribution in [0.25, 0.3) is 0 Å². The van der Waals surface area contributed by atoms with E-state index in [4.69, 9.17) is 14.4 Å². The van der Waals surface area contributed by atoms with E-state index >= 15 is 0 Å². The van der Waals surface area contributed by atoms with Gasteiger partial charge in [-0.05, 0) is 0 Å². The maximum Gasteiger partial charge on any atom is 0.314 e. The smallest absolute Gasteiger partial charge is 0.314 e. The van der Waals surface area contributed by atoms with Crippen LogP contribution in [0.3, 0.4) is 0 Å². The van der Waals surface area contributed by atoms with Gasteiger partial charge in [-0.2, -0.15) is 0 Å². The van der Waals surface area contributed by atoms with Crippen LogP contribution in [-0.4, -0.2) is 9.79 Å². The Morgan fingerprint density at radius 2 is 1.40 bits per heavy atom. The van der Waals surface area contributed by atoms with Gasteiger partial charge in [-0.1, -0.05) is 0 Å². The van der Waals surface area contributed by atoms with Gasteiger partial charge < -0.3 is 9.79 Å². The molecule has 0 bridgehead atoms. The molecule has 0 aromatic heterocycles. The third kappa shape index (κ3) is 55.5. The van der Waals surface area contributed by atoms with E-state index in [1.807, 2.05) is 0 Å². The summed E-state index contributed by atoms with van der Waals surface area (Å²) in [7, 11) is -3.13. The van der Waals surface area contributed by atoms with Crippen molar-refractivity contribution >= 4 is 8.25 Å². The van der Waals surface area contributed by atoms with E-state index in [1.54, 1.807) is 0 Å². The quantitative estimate of drug-likeness (QED) is 0.579. The van der Waals surface area contributed by atoms with Gasteiger partial charge in [0.25, 0.3) is 0 Å². The Balaban J connectivity index is 0. The standard InChI is InChI=1S/H3O3P.Pt/c1-4(2)3;/h4H,(H2,1,2,3);. The van der Waals surface area contributed by atoms with Crippen molar-refractivity contribution in [3.63, 3.8) is 0 Å². The summed E-state index contributed by atoms with van der Waals surface area (Å²) in [5.74, 6) is 0. The van der Waals surface area contributed by atoms with Gasteiger partial charge in [0.2, 0.25) is 0 Å². The van der Waals surface area contributed by atoms with Crippen LogP contribution in [0.4, 0.5) is 0 Å². The fourth-order valence-corrected chi connectivity index (χ4v) is 0. The molecule has 0 heterocycles. The first-order chi connectivity index (χ1) is 1.73. The van der Waals surface area contributed by atoms with Crippen molar-refractivity contribution in [1.29, 1.82) is 0 Å². The van der Waals surface area contributed by atoms with Crippen molar-refractivity contribution in [2.45, 2.75) is 0 Å². The molecule has 0 aliphatic carbocycles. The topological polar surface area (TPSA) is 57.5 Å². The average Bonchev–Trinajstić information content (AvgIpc) is 0.811. The summed E-state index contributed by atoms with van der Waals surface area (Å²) in [6, 6.07) is 0. The van der Waals surface area contributed by atoms with Gasteiger partial charge in [0.05, 0.1) is 0 Å². The minimum absolute atomic E-state index is 0. The van der Waals surface area contributed by atoms with Crippen LogP contribution < -0.4 is 0 Å². The maximum absolute atomic E-state index is 8.74. The Hall–Kier alpha value is 0.838. The van der Waals surface area contributed by atoms with Crippen LogP contribution in [-0.2, 0) is 25.6 Å². The van der Waals surface area contributed by atoms with Gasteiger partial charge in [0, 0.05) is 21.1 Å². The number of hydrogen-bond acceptors (Lipinski definition) is 1. The molecule has 2 N–H and O–H groups in total. The molecule has 0 fully saturated rings. The molecule has 5 heteroatoms. The Labute approximate surface area is 44.2 Å². The first-order valence-electron chi connectivity index (χ1n) is 0.651. The van der Waals surface area contributed by atoms with E-state index in [0.717, 1.165) is 0 Å². The third-order valence-corrected chi connectivity index (χ3v) is 0. The molecule has 0 amide bonds. The Morgan fingerprint density at radius 1 is 1.40 bits per heavy atom. The molecular formula is H3O3PPt. The van der Waals surface area contributed by atoms with Crippen molar-refractivity contribution in [2.24, 2.45) is 0 Å². The number of rotatable bonds is 0. The van der Waals surface area contributed by atoms with E-state index in [0.29, 0.717) is 0 Å². The molecule has 0 aromatic rings. The van der Waals surface area contributed by atoms with Crippen molar-refractivity contribution in [3.8, 4) is 0 Å². The van der Waals surface area contributed by atoms with Gasteiger partial charge in [-0.15, -0.1) is 0 Å². The zero-order chi connectivity index (χ0) is 3.58. The summed E-state index contributed by atoms with van der Waals surface area (Å²) in [6.07, 6.45) is 0. The first-order valence-corrected chi connectivity index (χ1v) is 1.95. The molecule has 3 nitrogen and oxygen atoms in total. The van der Waals surface area contributed by atoms with Crippen LogP contribution in [0, 0.1) is 0 Å². The maximum atomic E-state index is 8.74. The van der Waals surface area contributed by atoms with E-state index in [9.17, 15) is 0 Å². The molecule has 5 heavy (non-hydrogen) atoms. The SMILES string of the molecule is O=[PH](O)O.[Pt]. The zero-order valence-corrected chi connectivity index (χ0v) is 5.39. The normalized spacial score (nSPS) is 7.00. The van der Waals surface area contributed by atoms with Crippen molar-refractivity contribution in [3.05, 3.63) is 0 Å². The monoisotopic (exact) mass is 277 g/mol. The Bertz CT molecular complexity index is 29.9. The minimum atomic E-state index is -3.13. The molecule has 0 atom stereocenters. The van der Waals surface area contributed by atoms with Crippen LogP contribution in [0.15, 0.2) is 0 Å². The molecule has 0 radical (unpaired) electrons. The summed E-state index contributed by atoms with van der Waals surface area (Å²) < 4.78 is 8.74. The fraction of sp³-hybridized carbons (Fsp3) is 0. The van der Waals surface area contributed by atoms with Gasteiger partial charge in [0.1, 0.15) is 0 Å². The molecule has 0 saturated carbocycles. The van der Waals surface area contributed by atoms with Crippen LogP contribution >= 0.6 is 8.25 Å². The summed E-state index contributed by atoms with van der Waals surface area (Å²) in [5, 5.41) is 0. The van der Waals surface area contributed by atoms with Gasteiger partial charge in [0.15, 0.2) is 0 Å². The zero-order valence-electron chi connectivity index (χ0n) is 2.12. The first kappa shape index (κ1) is 9.28. The fourth-order valence-electron chi connectivity index (χ4n) is 0. The molecule has 0 aliphatic heterocycles. The van der Waals surface area contributed by atoms with Crippen LogP contribution in [0.5, 0.6) is 0 Å². The summed E-state index contributed by atoms with van der Waals surface area (Å²) in [5.41, 5.74) is 0. The van der Waals surface area contributed by atoms with Gasteiger partial charge >= 0.3 is 8.25 Å². The van der Waals surface area contributed by atoms with Crippen LogP contribution in [0.2, 0.25) is 0 Å². The predicted octanol–water partition coefficient (Wildman–Crippen LogP) is -0.642. The molecule has 0 unspecified atom stereocenters. The average molecular weight is 277 g/mol. The second-order valence-electron chi connectivity index (χ2n) is 0.283. The van der Waals surface area contributed by atoms with E-state index in [2.05, 4.69) is 0 Å². The van der Waals surface area contributed by atoms with E-state index in [-0.39, 0.29) is 21.1 Å². The molecule has 0 spiro atoms. The molecule has 0 saturated heterocycles. The second-order valence-corrected chi connectivity index (χ2v) is 0.848. The van der Waals surface area contributed by atoms with Gasteiger partial charge in [-0.3, -0.25) is 4.57 Å². The molecule has 0 aromatic carbocycles. The van der Waals surface area contributed by atoms with E-state index < -0.39 is 8.25 Å². The van der Waals surface area contributed by atoms with E-state index in [1.165, 1.54) is 0 Å². The number of hydrogen-bond donors (Lipinski definition) is 2. The largest absolute Gasteiger partial charge is 0.326 e. The molecule has 0 rings (SSSR count). The Morgan fingerprint density at radius 3 is 1.40 bits per heavy atom. The Kier molecular flexibility index (Phi) is 8.98. The van der Waals surface area contributed by atoms with Crippen LogP contribution in [0.1, 0.15) is 0 Å². The summed E-state index contributed by atoms with van der Waals surface area (Å²) in [4.78, 5) is 14.3. The summed E-state index contributed by atoms with van der Waals surface area (Å²) >= 11 is 0. The van der Waals surface area contributed by atoms with Crippen molar-refractivity contribution < 1.29 is 35.4 Å². The molecule has 36 valence electrons. The second kappa shape index (κ2) is 4.84. The molecule has 0 aliphatic rings. The van der Waals surface area contributed by atoms with Crippen molar-refractivity contribution in [1.82, 2.24) is 0 Å². The molecular weight excluding hydrogens is 274 g/mol. The third-order valence-electron chi connectivity index (χ3n) is 0. The summed E-state index contributed by atoms with van der Waals surface area (Å²) in [6.45, 7) is 0.